The number of aryl methyl sites for hydroxylation is 2. The Morgan fingerprint density at radius 2 is 2.00 bits per heavy atom. The summed E-state index contributed by atoms with van der Waals surface area (Å²) in [6, 6.07) is 7.89. The Balaban J connectivity index is 1.72. The van der Waals surface area contributed by atoms with E-state index in [0.29, 0.717) is 17.1 Å². The molecule has 0 atom stereocenters. The summed E-state index contributed by atoms with van der Waals surface area (Å²) in [4.78, 5) is 27.0. The number of methoxy groups -OCH3 is 1. The molecule has 0 saturated carbocycles. The molecule has 8 heteroatoms. The van der Waals surface area contributed by atoms with Crippen molar-refractivity contribution in [3.8, 4) is 11.1 Å². The van der Waals surface area contributed by atoms with Gasteiger partial charge in [-0.25, -0.2) is 4.79 Å². The van der Waals surface area contributed by atoms with E-state index in [1.54, 1.807) is 6.20 Å². The van der Waals surface area contributed by atoms with Crippen LogP contribution in [-0.4, -0.2) is 47.3 Å². The van der Waals surface area contributed by atoms with Gasteiger partial charge in [-0.3, -0.25) is 14.4 Å². The van der Waals surface area contributed by atoms with Crippen LogP contribution >= 0.6 is 11.3 Å². The molecule has 0 aliphatic heterocycles. The average Bonchev–Trinajstić information content (AvgIpc) is 3.34. The van der Waals surface area contributed by atoms with Crippen LogP contribution in [0.25, 0.3) is 11.1 Å². The number of carbonyl (C=O) groups is 2. The minimum atomic E-state index is -0.470. The second-order valence-corrected chi connectivity index (χ2v) is 8.02. The molecule has 1 N–H and O–H groups in total. The number of likely N-dealkylation sites (N-methyl/N-ethyl adjacent to an activating group) is 1. The maximum atomic E-state index is 12.6. The second-order valence-electron chi connectivity index (χ2n) is 7.14. The van der Waals surface area contributed by atoms with Crippen LogP contribution < -0.4 is 5.32 Å². The molecule has 2 heterocycles. The zero-order chi connectivity index (χ0) is 21.7. The first-order chi connectivity index (χ1) is 14.4. The molecule has 0 fully saturated rings. The molecule has 0 spiro atoms. The Hall–Kier alpha value is -2.97. The van der Waals surface area contributed by atoms with E-state index in [2.05, 4.69) is 10.4 Å². The van der Waals surface area contributed by atoms with Crippen molar-refractivity contribution < 1.29 is 14.3 Å². The van der Waals surface area contributed by atoms with Crippen LogP contribution in [0.15, 0.2) is 42.0 Å². The van der Waals surface area contributed by atoms with Crippen molar-refractivity contribution in [3.05, 3.63) is 58.7 Å². The van der Waals surface area contributed by atoms with Crippen LogP contribution in [0.5, 0.6) is 0 Å². The van der Waals surface area contributed by atoms with Gasteiger partial charge in [-0.2, -0.15) is 5.10 Å². The van der Waals surface area contributed by atoms with E-state index in [0.717, 1.165) is 28.8 Å². The molecule has 0 bridgehead atoms. The Morgan fingerprint density at radius 3 is 2.63 bits per heavy atom. The molecule has 158 valence electrons. The van der Waals surface area contributed by atoms with Crippen molar-refractivity contribution in [3.63, 3.8) is 0 Å². The van der Waals surface area contributed by atoms with Crippen LogP contribution in [0.4, 0.5) is 5.00 Å². The van der Waals surface area contributed by atoms with Gasteiger partial charge in [0.2, 0.25) is 5.91 Å². The lowest BCUT2D eigenvalue weighted by atomic mass is 10.0. The summed E-state index contributed by atoms with van der Waals surface area (Å²) < 4.78 is 6.82. The molecule has 1 aromatic carbocycles. The maximum absolute atomic E-state index is 12.6. The van der Waals surface area contributed by atoms with E-state index in [-0.39, 0.29) is 12.5 Å². The zero-order valence-electron chi connectivity index (χ0n) is 17.6. The van der Waals surface area contributed by atoms with Crippen LogP contribution in [0, 0.1) is 6.92 Å². The van der Waals surface area contributed by atoms with E-state index in [1.807, 2.05) is 66.3 Å². The predicted octanol–water partition coefficient (Wildman–Crippen LogP) is 3.80. The number of nitrogens with zero attached hydrogens (tertiary/aromatic N) is 3. The summed E-state index contributed by atoms with van der Waals surface area (Å²) in [7, 11) is 3.21. The highest BCUT2D eigenvalue weighted by Gasteiger charge is 2.22. The van der Waals surface area contributed by atoms with Crippen LogP contribution in [0.1, 0.15) is 28.4 Å². The van der Waals surface area contributed by atoms with Crippen LogP contribution in [0.3, 0.4) is 0 Å². The SMILES string of the molecule is CCn1cc(CN(C)CC(=O)Nc2scc(-c3ccc(C)cc3)c2C(=O)OC)cn1. The Kier molecular flexibility index (Phi) is 7.02. The number of thiophene rings is 1. The third-order valence-electron chi connectivity index (χ3n) is 4.67. The van der Waals surface area contributed by atoms with E-state index in [9.17, 15) is 9.59 Å². The number of hydrogen-bond acceptors (Lipinski definition) is 6. The first-order valence-electron chi connectivity index (χ1n) is 9.67. The lowest BCUT2D eigenvalue weighted by Crippen LogP contribution is -2.30. The third kappa shape index (κ3) is 5.14. The van der Waals surface area contributed by atoms with Gasteiger partial charge in [0, 0.05) is 35.8 Å². The van der Waals surface area contributed by atoms with Crippen molar-refractivity contribution in [1.82, 2.24) is 14.7 Å². The van der Waals surface area contributed by atoms with E-state index in [1.165, 1.54) is 18.4 Å². The van der Waals surface area contributed by atoms with Gasteiger partial charge in [0.25, 0.3) is 0 Å². The first-order valence-corrected chi connectivity index (χ1v) is 10.6. The number of benzene rings is 1. The number of anilines is 1. The Labute approximate surface area is 180 Å². The highest BCUT2D eigenvalue weighted by Crippen LogP contribution is 2.36. The lowest BCUT2D eigenvalue weighted by molar-refractivity contribution is -0.117. The normalized spacial score (nSPS) is 11.0. The third-order valence-corrected chi connectivity index (χ3v) is 5.57. The van der Waals surface area contributed by atoms with Crippen molar-refractivity contribution in [1.29, 1.82) is 0 Å². The van der Waals surface area contributed by atoms with Gasteiger partial charge in [0.15, 0.2) is 0 Å². The van der Waals surface area contributed by atoms with E-state index >= 15 is 0 Å². The highest BCUT2D eigenvalue weighted by molar-refractivity contribution is 7.15. The van der Waals surface area contributed by atoms with Gasteiger partial charge in [-0.1, -0.05) is 29.8 Å². The van der Waals surface area contributed by atoms with Crippen molar-refractivity contribution in [2.45, 2.75) is 26.9 Å². The van der Waals surface area contributed by atoms with Crippen molar-refractivity contribution in [2.24, 2.45) is 0 Å². The summed E-state index contributed by atoms with van der Waals surface area (Å²) >= 11 is 1.32. The van der Waals surface area contributed by atoms with Crippen LogP contribution in [0.2, 0.25) is 0 Å². The molecular weight excluding hydrogens is 400 g/mol. The summed E-state index contributed by atoms with van der Waals surface area (Å²) in [5.74, 6) is -0.662. The maximum Gasteiger partial charge on any atom is 0.341 e. The average molecular weight is 427 g/mol. The lowest BCUT2D eigenvalue weighted by Gasteiger charge is -2.15. The first kappa shape index (κ1) is 21.7. The van der Waals surface area contributed by atoms with E-state index in [4.69, 9.17) is 4.74 Å². The van der Waals surface area contributed by atoms with Crippen molar-refractivity contribution >= 4 is 28.2 Å². The summed E-state index contributed by atoms with van der Waals surface area (Å²) in [6.07, 6.45) is 3.78. The molecule has 0 unspecified atom stereocenters. The fourth-order valence-electron chi connectivity index (χ4n) is 3.14. The van der Waals surface area contributed by atoms with Gasteiger partial charge < -0.3 is 10.1 Å². The number of rotatable bonds is 8. The van der Waals surface area contributed by atoms with Gasteiger partial charge >= 0.3 is 5.97 Å². The molecule has 3 aromatic rings. The number of hydrogen-bond donors (Lipinski definition) is 1. The molecule has 3 rings (SSSR count). The van der Waals surface area contributed by atoms with Gasteiger partial charge in [-0.05, 0) is 26.5 Å². The fraction of sp³-hybridized carbons (Fsp3) is 0.318. The number of carbonyl (C=O) groups excluding carboxylic acids is 2. The molecule has 30 heavy (non-hydrogen) atoms. The standard InChI is InChI=1S/C22H26N4O3S/c1-5-26-12-16(10-23-26)11-25(3)13-19(27)24-21-20(22(28)29-4)18(14-30-21)17-8-6-15(2)7-9-17/h6-10,12,14H,5,11,13H2,1-4H3,(H,24,27). The monoisotopic (exact) mass is 426 g/mol. The van der Waals surface area contributed by atoms with Crippen LogP contribution in [-0.2, 0) is 22.6 Å². The molecule has 2 aromatic heterocycles. The summed E-state index contributed by atoms with van der Waals surface area (Å²) in [6.45, 7) is 5.64. The number of ether oxygens (including phenoxy) is 1. The number of amides is 1. The minimum absolute atomic E-state index is 0.190. The molecule has 0 aliphatic carbocycles. The topological polar surface area (TPSA) is 76.5 Å². The van der Waals surface area contributed by atoms with Gasteiger partial charge in [0.1, 0.15) is 10.6 Å². The molecule has 0 radical (unpaired) electrons. The Morgan fingerprint density at radius 1 is 1.27 bits per heavy atom. The van der Waals surface area contributed by atoms with Crippen molar-refractivity contribution in [2.75, 3.05) is 26.0 Å². The zero-order valence-corrected chi connectivity index (χ0v) is 18.5. The number of esters is 1. The number of aromatic nitrogens is 2. The second kappa shape index (κ2) is 9.69. The van der Waals surface area contributed by atoms with E-state index < -0.39 is 5.97 Å². The van der Waals surface area contributed by atoms with Gasteiger partial charge in [-0.15, -0.1) is 11.3 Å². The molecule has 1 amide bonds. The molecule has 7 nitrogen and oxygen atoms in total. The predicted molar refractivity (Wildman–Crippen MR) is 119 cm³/mol. The fourth-order valence-corrected chi connectivity index (χ4v) is 4.11. The highest BCUT2D eigenvalue weighted by atomic mass is 32.1. The summed E-state index contributed by atoms with van der Waals surface area (Å²) in [5.41, 5.74) is 4.21. The Bertz CT molecular complexity index is 1020. The number of nitrogens with one attached hydrogen (secondary N) is 1. The minimum Gasteiger partial charge on any atom is -0.465 e. The molecule has 0 aliphatic rings. The smallest absolute Gasteiger partial charge is 0.341 e. The quantitative estimate of drug-likeness (QED) is 0.555. The molecule has 0 saturated heterocycles. The van der Waals surface area contributed by atoms with Gasteiger partial charge in [0.05, 0.1) is 19.9 Å². The largest absolute Gasteiger partial charge is 0.465 e. The summed E-state index contributed by atoms with van der Waals surface area (Å²) in [5, 5.41) is 9.49. The molecular formula is C22H26N4O3S.